The molecule has 374 valence electrons. The van der Waals surface area contributed by atoms with E-state index in [2.05, 4.69) is 135 Å². The summed E-state index contributed by atoms with van der Waals surface area (Å²) in [6, 6.07) is 0. The molecule has 0 aromatic rings. The molecule has 0 amide bonds. The van der Waals surface area contributed by atoms with E-state index in [1.807, 2.05) is 0 Å². The van der Waals surface area contributed by atoms with E-state index in [-0.39, 0.29) is 25.2 Å². The summed E-state index contributed by atoms with van der Waals surface area (Å²) in [4.78, 5) is 24.5. The molecule has 5 heteroatoms. The molecule has 0 bridgehead atoms. The minimum absolute atomic E-state index is 0.0768. The third kappa shape index (κ3) is 52.9. The predicted molar refractivity (Wildman–Crippen MR) is 288 cm³/mol. The molecule has 0 aromatic heterocycles. The summed E-state index contributed by atoms with van der Waals surface area (Å²) in [5.41, 5.74) is 0. The fourth-order valence-corrected chi connectivity index (χ4v) is 7.26. The van der Waals surface area contributed by atoms with E-state index in [4.69, 9.17) is 9.47 Å². The highest BCUT2D eigenvalue weighted by molar-refractivity contribution is 5.70. The number of carbonyl (C=O) groups is 2. The lowest BCUT2D eigenvalue weighted by molar-refractivity contribution is -0.161. The zero-order chi connectivity index (χ0) is 47.7. The molecule has 66 heavy (non-hydrogen) atoms. The Morgan fingerprint density at radius 3 is 0.909 bits per heavy atom. The average Bonchev–Trinajstić information content (AvgIpc) is 3.32. The van der Waals surface area contributed by atoms with Gasteiger partial charge in [-0.2, -0.15) is 0 Å². The predicted octanol–water partition coefficient (Wildman–Crippen LogP) is 18.3. The van der Waals surface area contributed by atoms with Crippen LogP contribution < -0.4 is 0 Å². The van der Waals surface area contributed by atoms with Crippen LogP contribution in [-0.4, -0.2) is 36.4 Å². The Morgan fingerprint density at radius 1 is 0.348 bits per heavy atom. The maximum absolute atomic E-state index is 12.3. The fourth-order valence-electron chi connectivity index (χ4n) is 7.26. The quantitative estimate of drug-likeness (QED) is 0.0374. The first kappa shape index (κ1) is 62.3. The fraction of sp³-hybridized carbons (Fsp3) is 0.639. The van der Waals surface area contributed by atoms with Gasteiger partial charge in [-0.1, -0.05) is 238 Å². The molecule has 1 unspecified atom stereocenters. The normalized spacial score (nSPS) is 13.2. The zero-order valence-corrected chi connectivity index (χ0v) is 42.7. The van der Waals surface area contributed by atoms with Crippen molar-refractivity contribution in [2.45, 2.75) is 238 Å². The Morgan fingerprint density at radius 2 is 0.606 bits per heavy atom. The first-order chi connectivity index (χ1) is 32.6. The largest absolute Gasteiger partial charge is 0.462 e. The number of carbonyl (C=O) groups excluding carboxylic acids is 2. The summed E-state index contributed by atoms with van der Waals surface area (Å²) >= 11 is 0. The lowest BCUT2D eigenvalue weighted by atomic mass is 10.0. The number of ether oxygens (including phenoxy) is 2. The Bertz CT molecular complexity index is 1350. The second kappa shape index (κ2) is 55.6. The van der Waals surface area contributed by atoms with Crippen molar-refractivity contribution in [1.29, 1.82) is 0 Å². The molecule has 0 aromatic carbocycles. The summed E-state index contributed by atoms with van der Waals surface area (Å²) in [5.74, 6) is -0.607. The summed E-state index contributed by atoms with van der Waals surface area (Å²) in [5, 5.41) is 9.63. The number of aliphatic hydroxyl groups excluding tert-OH is 1. The van der Waals surface area contributed by atoms with Gasteiger partial charge in [0.25, 0.3) is 0 Å². The van der Waals surface area contributed by atoms with Gasteiger partial charge in [0, 0.05) is 12.8 Å². The summed E-state index contributed by atoms with van der Waals surface area (Å²) < 4.78 is 10.7. The molecule has 5 nitrogen and oxygen atoms in total. The van der Waals surface area contributed by atoms with Crippen molar-refractivity contribution in [3.05, 3.63) is 122 Å². The SMILES string of the molecule is CC/C=C\C/C=C\C/C=C\C/C=C\C/C=C\C/C=C\C/C=C\CCCCCCCCCCCCCCCC(=O)OC(CO)COC(=O)CCCCCCCCC/C=C\C/C=C\C/C=C\CC. The van der Waals surface area contributed by atoms with Crippen molar-refractivity contribution in [2.24, 2.45) is 0 Å². The van der Waals surface area contributed by atoms with Crippen molar-refractivity contribution < 1.29 is 24.2 Å². The Kier molecular flexibility index (Phi) is 52.5. The molecule has 0 radical (unpaired) electrons. The molecule has 0 fully saturated rings. The van der Waals surface area contributed by atoms with Crippen molar-refractivity contribution in [3.63, 3.8) is 0 Å². The molecular weight excluding hydrogens is 813 g/mol. The standard InChI is InChI=1S/C61H100O5/c1-3-5-7-9-11-13-15-17-19-21-22-23-24-25-26-27-28-29-30-31-32-33-34-35-36-37-38-40-42-44-46-48-50-52-54-56-61(64)66-59(57-62)58-65-60(63)55-53-51-49-47-45-43-41-39-20-18-16-14-12-10-8-6-4-2/h5-8,11-14,17-20,22-23,25-26,28-29,31-32,59,62H,3-4,9-10,15-16,21,24,27,30,33-58H2,1-2H3/b7-5-,8-6-,13-11-,14-12-,19-17-,20-18-,23-22-,26-25-,29-28-,32-31-. The van der Waals surface area contributed by atoms with E-state index in [1.165, 1.54) is 96.3 Å². The summed E-state index contributed by atoms with van der Waals surface area (Å²) in [6.07, 6.45) is 81.6. The van der Waals surface area contributed by atoms with E-state index in [0.29, 0.717) is 12.8 Å². The van der Waals surface area contributed by atoms with Gasteiger partial charge in [-0.25, -0.2) is 0 Å². The third-order valence-electron chi connectivity index (χ3n) is 11.3. The molecule has 1 atom stereocenters. The second-order valence-electron chi connectivity index (χ2n) is 17.5. The van der Waals surface area contributed by atoms with Gasteiger partial charge in [0.15, 0.2) is 6.10 Å². The number of unbranched alkanes of at least 4 members (excludes halogenated alkanes) is 20. The molecular formula is C61H100O5. The highest BCUT2D eigenvalue weighted by Crippen LogP contribution is 2.15. The Labute approximate surface area is 407 Å². The number of hydrogen-bond donors (Lipinski definition) is 1. The molecule has 0 saturated heterocycles. The molecule has 1 N–H and O–H groups in total. The molecule has 0 rings (SSSR count). The summed E-state index contributed by atoms with van der Waals surface area (Å²) in [7, 11) is 0. The first-order valence-electron chi connectivity index (χ1n) is 27.1. The van der Waals surface area contributed by atoms with Crippen LogP contribution in [0.4, 0.5) is 0 Å². The highest BCUT2D eigenvalue weighted by atomic mass is 16.6. The molecule has 0 aliphatic rings. The number of aliphatic hydroxyl groups is 1. The smallest absolute Gasteiger partial charge is 0.306 e. The minimum atomic E-state index is -0.784. The van der Waals surface area contributed by atoms with E-state index >= 15 is 0 Å². The maximum Gasteiger partial charge on any atom is 0.306 e. The van der Waals surface area contributed by atoms with E-state index in [0.717, 1.165) is 109 Å². The number of rotatable bonds is 48. The number of allylic oxidation sites excluding steroid dienone is 20. The van der Waals surface area contributed by atoms with Crippen LogP contribution in [0.3, 0.4) is 0 Å². The zero-order valence-electron chi connectivity index (χ0n) is 42.7. The van der Waals surface area contributed by atoms with Crippen LogP contribution in [0.2, 0.25) is 0 Å². The molecule has 0 aliphatic carbocycles. The van der Waals surface area contributed by atoms with Gasteiger partial charge in [0.05, 0.1) is 6.61 Å². The van der Waals surface area contributed by atoms with E-state index in [1.54, 1.807) is 0 Å². The van der Waals surface area contributed by atoms with Gasteiger partial charge in [-0.05, 0) is 103 Å². The van der Waals surface area contributed by atoms with Crippen molar-refractivity contribution in [1.82, 2.24) is 0 Å². The average molecular weight is 913 g/mol. The van der Waals surface area contributed by atoms with Crippen LogP contribution in [-0.2, 0) is 19.1 Å². The van der Waals surface area contributed by atoms with Gasteiger partial charge < -0.3 is 14.6 Å². The first-order valence-corrected chi connectivity index (χ1v) is 27.1. The molecule has 0 spiro atoms. The van der Waals surface area contributed by atoms with Gasteiger partial charge in [-0.15, -0.1) is 0 Å². The lowest BCUT2D eigenvalue weighted by Crippen LogP contribution is -2.28. The van der Waals surface area contributed by atoms with Crippen LogP contribution in [0.25, 0.3) is 0 Å². The lowest BCUT2D eigenvalue weighted by Gasteiger charge is -2.15. The van der Waals surface area contributed by atoms with Gasteiger partial charge in [0.1, 0.15) is 6.61 Å². The van der Waals surface area contributed by atoms with Crippen LogP contribution in [0.15, 0.2) is 122 Å². The third-order valence-corrected chi connectivity index (χ3v) is 11.3. The Hall–Kier alpha value is -3.70. The minimum Gasteiger partial charge on any atom is -0.462 e. The van der Waals surface area contributed by atoms with Crippen molar-refractivity contribution >= 4 is 11.9 Å². The van der Waals surface area contributed by atoms with E-state index < -0.39 is 6.10 Å². The highest BCUT2D eigenvalue weighted by Gasteiger charge is 2.16. The number of esters is 2. The van der Waals surface area contributed by atoms with Crippen LogP contribution >= 0.6 is 0 Å². The van der Waals surface area contributed by atoms with Crippen LogP contribution in [0.1, 0.15) is 232 Å². The molecule has 0 aliphatic heterocycles. The van der Waals surface area contributed by atoms with Crippen molar-refractivity contribution in [2.75, 3.05) is 13.2 Å². The summed E-state index contributed by atoms with van der Waals surface area (Å²) in [6.45, 7) is 3.91. The molecule has 0 saturated carbocycles. The van der Waals surface area contributed by atoms with Gasteiger partial charge in [-0.3, -0.25) is 9.59 Å². The molecule has 0 heterocycles. The second-order valence-corrected chi connectivity index (χ2v) is 17.5. The van der Waals surface area contributed by atoms with E-state index in [9.17, 15) is 14.7 Å². The number of hydrogen-bond acceptors (Lipinski definition) is 5. The maximum atomic E-state index is 12.3. The van der Waals surface area contributed by atoms with Crippen molar-refractivity contribution in [3.8, 4) is 0 Å². The van der Waals surface area contributed by atoms with Crippen LogP contribution in [0, 0.1) is 0 Å². The van der Waals surface area contributed by atoms with Crippen LogP contribution in [0.5, 0.6) is 0 Å². The Balaban J connectivity index is 3.54. The monoisotopic (exact) mass is 913 g/mol. The van der Waals surface area contributed by atoms with Gasteiger partial charge >= 0.3 is 11.9 Å². The van der Waals surface area contributed by atoms with Gasteiger partial charge in [0.2, 0.25) is 0 Å². The topological polar surface area (TPSA) is 72.8 Å².